The number of hydrogen-bond donors (Lipinski definition) is 1. The van der Waals surface area contributed by atoms with Gasteiger partial charge in [0.1, 0.15) is 18.0 Å². The Kier molecular flexibility index (Phi) is 4.93. The molecular weight excluding hydrogens is 320 g/mol. The Morgan fingerprint density at radius 3 is 2.71 bits per heavy atom. The number of nitrogens with two attached hydrogens (primary N) is 1. The van der Waals surface area contributed by atoms with Crippen LogP contribution in [0.4, 0.5) is 0 Å². The molecule has 0 aliphatic carbocycles. The van der Waals surface area contributed by atoms with Gasteiger partial charge in [0.25, 0.3) is 0 Å². The van der Waals surface area contributed by atoms with E-state index >= 15 is 0 Å². The topological polar surface area (TPSA) is 47.6 Å². The fourth-order valence-corrected chi connectivity index (χ4v) is 3.31. The van der Waals surface area contributed by atoms with Crippen molar-refractivity contribution in [3.8, 4) is 0 Å². The van der Waals surface area contributed by atoms with E-state index in [1.54, 1.807) is 0 Å². The van der Waals surface area contributed by atoms with E-state index in [1.165, 1.54) is 11.1 Å². The summed E-state index contributed by atoms with van der Waals surface area (Å²) in [4.78, 5) is 4.63. The van der Waals surface area contributed by atoms with Crippen LogP contribution in [0.15, 0.2) is 53.5 Å². The second-order valence-electron chi connectivity index (χ2n) is 6.73. The van der Waals surface area contributed by atoms with Crippen molar-refractivity contribution in [3.63, 3.8) is 0 Å². The first kappa shape index (κ1) is 17.0. The van der Waals surface area contributed by atoms with Gasteiger partial charge in [-0.3, -0.25) is 4.99 Å². The van der Waals surface area contributed by atoms with Crippen LogP contribution in [0.2, 0.25) is 5.02 Å². The summed E-state index contributed by atoms with van der Waals surface area (Å²) in [5.41, 5.74) is 9.19. The van der Waals surface area contributed by atoms with Crippen molar-refractivity contribution in [1.29, 1.82) is 0 Å². The van der Waals surface area contributed by atoms with Gasteiger partial charge in [-0.05, 0) is 48.1 Å². The normalized spacial score (nSPS) is 22.0. The molecule has 2 unspecified atom stereocenters. The Labute approximate surface area is 148 Å². The van der Waals surface area contributed by atoms with Gasteiger partial charge in [0.15, 0.2) is 0 Å². The van der Waals surface area contributed by atoms with Crippen molar-refractivity contribution < 1.29 is 4.74 Å². The van der Waals surface area contributed by atoms with E-state index in [0.29, 0.717) is 25.0 Å². The Hall–Kier alpha value is -1.84. The molecule has 3 nitrogen and oxygen atoms in total. The average molecular weight is 343 g/mol. The molecule has 0 bridgehead atoms. The van der Waals surface area contributed by atoms with Gasteiger partial charge in [0.2, 0.25) is 0 Å². The predicted molar refractivity (Wildman–Crippen MR) is 99.8 cm³/mol. The van der Waals surface area contributed by atoms with Crippen LogP contribution in [-0.2, 0) is 16.7 Å². The van der Waals surface area contributed by atoms with Crippen LogP contribution >= 0.6 is 11.6 Å². The van der Waals surface area contributed by atoms with Gasteiger partial charge < -0.3 is 10.5 Å². The molecule has 2 N–H and O–H groups in total. The minimum atomic E-state index is -0.401. The molecule has 4 heteroatoms. The molecule has 0 amide bonds. The maximum absolute atomic E-state index is 5.98. The third-order valence-corrected chi connectivity index (χ3v) is 4.81. The van der Waals surface area contributed by atoms with E-state index in [0.717, 1.165) is 17.0 Å². The van der Waals surface area contributed by atoms with Crippen LogP contribution in [-0.4, -0.2) is 19.0 Å². The van der Waals surface area contributed by atoms with Crippen LogP contribution in [0.3, 0.4) is 0 Å². The van der Waals surface area contributed by atoms with Crippen molar-refractivity contribution in [2.45, 2.75) is 31.7 Å². The van der Waals surface area contributed by atoms with E-state index in [-0.39, 0.29) is 0 Å². The first-order valence-corrected chi connectivity index (χ1v) is 8.61. The predicted octanol–water partition coefficient (Wildman–Crippen LogP) is 4.29. The van der Waals surface area contributed by atoms with Crippen LogP contribution in [0.5, 0.6) is 0 Å². The SMILES string of the molecule is CC(Cc1cccc(C2(C)COCC(N)=N2)c1)c1ccc(Cl)cc1. The summed E-state index contributed by atoms with van der Waals surface area (Å²) in [5, 5.41) is 0.772. The molecule has 3 rings (SSSR count). The number of aliphatic imine (C=N–C) groups is 1. The van der Waals surface area contributed by atoms with Crippen molar-refractivity contribution in [3.05, 3.63) is 70.2 Å². The lowest BCUT2D eigenvalue weighted by molar-refractivity contribution is 0.106. The van der Waals surface area contributed by atoms with E-state index in [1.807, 2.05) is 12.1 Å². The Morgan fingerprint density at radius 2 is 2.00 bits per heavy atom. The summed E-state index contributed by atoms with van der Waals surface area (Å²) in [5.74, 6) is 0.977. The van der Waals surface area contributed by atoms with E-state index < -0.39 is 5.54 Å². The largest absolute Gasteiger partial charge is 0.386 e. The molecule has 2 aromatic rings. The van der Waals surface area contributed by atoms with Gasteiger partial charge in [-0.15, -0.1) is 0 Å². The molecule has 0 aromatic heterocycles. The molecule has 0 fully saturated rings. The Balaban J connectivity index is 1.80. The molecule has 24 heavy (non-hydrogen) atoms. The monoisotopic (exact) mass is 342 g/mol. The number of ether oxygens (including phenoxy) is 1. The second kappa shape index (κ2) is 6.96. The minimum Gasteiger partial charge on any atom is -0.386 e. The number of hydrogen-bond acceptors (Lipinski definition) is 3. The zero-order valence-electron chi connectivity index (χ0n) is 14.1. The number of nitrogens with zero attached hydrogens (tertiary/aromatic N) is 1. The van der Waals surface area contributed by atoms with E-state index in [2.05, 4.69) is 55.2 Å². The lowest BCUT2D eigenvalue weighted by atomic mass is 9.88. The molecule has 1 aliphatic heterocycles. The first-order chi connectivity index (χ1) is 11.5. The zero-order chi connectivity index (χ0) is 17.2. The Bertz CT molecular complexity index is 742. The highest BCUT2D eigenvalue weighted by Gasteiger charge is 2.30. The van der Waals surface area contributed by atoms with E-state index in [9.17, 15) is 0 Å². The second-order valence-corrected chi connectivity index (χ2v) is 7.16. The highest BCUT2D eigenvalue weighted by Crippen LogP contribution is 2.30. The Morgan fingerprint density at radius 1 is 1.25 bits per heavy atom. The zero-order valence-corrected chi connectivity index (χ0v) is 14.9. The summed E-state index contributed by atoms with van der Waals surface area (Å²) in [6.07, 6.45) is 0.964. The fraction of sp³-hybridized carbons (Fsp3) is 0.350. The lowest BCUT2D eigenvalue weighted by Gasteiger charge is -2.30. The summed E-state index contributed by atoms with van der Waals surface area (Å²) >= 11 is 5.98. The highest BCUT2D eigenvalue weighted by molar-refractivity contribution is 6.30. The molecule has 0 radical (unpaired) electrons. The molecule has 0 saturated heterocycles. The molecule has 2 atom stereocenters. The third kappa shape index (κ3) is 3.80. The summed E-state index contributed by atoms with van der Waals surface area (Å²) in [6.45, 7) is 5.28. The van der Waals surface area contributed by atoms with Crippen molar-refractivity contribution in [1.82, 2.24) is 0 Å². The maximum atomic E-state index is 5.98. The minimum absolute atomic E-state index is 0.401. The quantitative estimate of drug-likeness (QED) is 0.901. The van der Waals surface area contributed by atoms with Crippen LogP contribution in [0, 0.1) is 0 Å². The van der Waals surface area contributed by atoms with Crippen molar-refractivity contribution in [2.75, 3.05) is 13.2 Å². The number of amidine groups is 1. The lowest BCUT2D eigenvalue weighted by Crippen LogP contribution is -2.37. The number of benzene rings is 2. The van der Waals surface area contributed by atoms with Gasteiger partial charge in [-0.1, -0.05) is 54.9 Å². The summed E-state index contributed by atoms with van der Waals surface area (Å²) in [7, 11) is 0. The molecule has 0 spiro atoms. The standard InChI is InChI=1S/C20H23ClN2O/c1-14(16-6-8-18(21)9-7-16)10-15-4-3-5-17(11-15)20(2)13-24-12-19(22)23-20/h3-9,11,14H,10,12-13H2,1-2H3,(H2,22,23). The van der Waals surface area contributed by atoms with Crippen LogP contribution in [0.1, 0.15) is 36.5 Å². The third-order valence-electron chi connectivity index (χ3n) is 4.55. The molecule has 0 saturated carbocycles. The molecule has 1 heterocycles. The van der Waals surface area contributed by atoms with Gasteiger partial charge in [0.05, 0.1) is 6.61 Å². The molecule has 1 aliphatic rings. The van der Waals surface area contributed by atoms with Gasteiger partial charge in [-0.2, -0.15) is 0 Å². The number of halogens is 1. The first-order valence-electron chi connectivity index (χ1n) is 8.23. The van der Waals surface area contributed by atoms with Crippen LogP contribution in [0.25, 0.3) is 0 Å². The summed E-state index contributed by atoms with van der Waals surface area (Å²) in [6, 6.07) is 16.7. The van der Waals surface area contributed by atoms with Gasteiger partial charge in [0, 0.05) is 5.02 Å². The highest BCUT2D eigenvalue weighted by atomic mass is 35.5. The molecule has 126 valence electrons. The van der Waals surface area contributed by atoms with Crippen molar-refractivity contribution >= 4 is 17.4 Å². The van der Waals surface area contributed by atoms with Gasteiger partial charge in [-0.25, -0.2) is 0 Å². The smallest absolute Gasteiger partial charge is 0.121 e. The van der Waals surface area contributed by atoms with Crippen LogP contribution < -0.4 is 5.73 Å². The van der Waals surface area contributed by atoms with Gasteiger partial charge >= 0.3 is 0 Å². The fourth-order valence-electron chi connectivity index (χ4n) is 3.18. The maximum Gasteiger partial charge on any atom is 0.121 e. The molecular formula is C20H23ClN2O. The van der Waals surface area contributed by atoms with E-state index in [4.69, 9.17) is 22.1 Å². The molecule has 2 aromatic carbocycles. The average Bonchev–Trinajstić information content (AvgIpc) is 2.55. The van der Waals surface area contributed by atoms with Crippen molar-refractivity contribution in [2.24, 2.45) is 10.7 Å². The summed E-state index contributed by atoms with van der Waals surface area (Å²) < 4.78 is 5.58. The number of rotatable bonds is 4.